The third-order valence-electron chi connectivity index (χ3n) is 3.87. The fraction of sp³-hybridized carbons (Fsp3) is 0.294. The van der Waals surface area contributed by atoms with Crippen LogP contribution in [-0.4, -0.2) is 35.3 Å². The number of hydrogen-bond donors (Lipinski definition) is 2. The summed E-state index contributed by atoms with van der Waals surface area (Å²) in [5, 5.41) is 11.3. The van der Waals surface area contributed by atoms with E-state index in [1.165, 1.54) is 5.57 Å². The number of amides is 1. The number of carbonyl (C=O) groups excluding carboxylic acids is 1. The second-order valence-electron chi connectivity index (χ2n) is 5.55. The van der Waals surface area contributed by atoms with Crippen molar-refractivity contribution in [3.05, 3.63) is 58.4 Å². The summed E-state index contributed by atoms with van der Waals surface area (Å²) in [6, 6.07) is 7.35. The Hall–Kier alpha value is -2.11. The topological polar surface area (TPSA) is 59.0 Å². The zero-order chi connectivity index (χ0) is 16.2. The van der Waals surface area contributed by atoms with E-state index in [9.17, 15) is 4.79 Å². The first-order valence-corrected chi connectivity index (χ1v) is 8.00. The smallest absolute Gasteiger partial charge is 0.255 e. The molecule has 6 heteroatoms. The van der Waals surface area contributed by atoms with E-state index < -0.39 is 0 Å². The van der Waals surface area contributed by atoms with E-state index in [4.69, 9.17) is 11.6 Å². The summed E-state index contributed by atoms with van der Waals surface area (Å²) < 4.78 is 1.70. The quantitative estimate of drug-likeness (QED) is 0.847. The molecule has 0 atom stereocenters. The number of carbonyl (C=O) groups is 1. The lowest BCUT2D eigenvalue weighted by molar-refractivity contribution is 0.0956. The molecule has 0 aliphatic carbocycles. The standard InChI is InChI=1S/C17H19ClN4O/c1-12-16(17(23)20-10-13-6-8-19-9-7-13)11-22(21-12)15-4-2-14(18)3-5-15/h2-6,11,19H,7-10H2,1H3,(H,20,23). The van der Waals surface area contributed by atoms with E-state index in [1.807, 2.05) is 19.1 Å². The van der Waals surface area contributed by atoms with Gasteiger partial charge >= 0.3 is 0 Å². The van der Waals surface area contributed by atoms with Gasteiger partial charge in [-0.25, -0.2) is 4.68 Å². The van der Waals surface area contributed by atoms with Crippen LogP contribution in [0.15, 0.2) is 42.1 Å². The first kappa shape index (κ1) is 15.8. The molecule has 3 rings (SSSR count). The Labute approximate surface area is 140 Å². The van der Waals surface area contributed by atoms with Crippen LogP contribution in [0.1, 0.15) is 22.5 Å². The molecule has 1 aromatic carbocycles. The van der Waals surface area contributed by atoms with Crippen molar-refractivity contribution in [3.8, 4) is 5.69 Å². The Morgan fingerprint density at radius 3 is 2.87 bits per heavy atom. The molecular formula is C17H19ClN4O. The van der Waals surface area contributed by atoms with Gasteiger partial charge < -0.3 is 10.6 Å². The van der Waals surface area contributed by atoms with Crippen molar-refractivity contribution in [1.82, 2.24) is 20.4 Å². The van der Waals surface area contributed by atoms with Gasteiger partial charge in [0.15, 0.2) is 0 Å². The molecule has 0 saturated heterocycles. The van der Waals surface area contributed by atoms with E-state index in [2.05, 4.69) is 21.8 Å². The number of hydrogen-bond acceptors (Lipinski definition) is 3. The summed E-state index contributed by atoms with van der Waals surface area (Å²) in [5.41, 5.74) is 3.43. The minimum Gasteiger partial charge on any atom is -0.348 e. The number of halogens is 1. The van der Waals surface area contributed by atoms with Gasteiger partial charge in [0.1, 0.15) is 0 Å². The first-order valence-electron chi connectivity index (χ1n) is 7.62. The lowest BCUT2D eigenvalue weighted by atomic mass is 10.1. The number of nitrogens with one attached hydrogen (secondary N) is 2. The van der Waals surface area contributed by atoms with E-state index in [0.29, 0.717) is 22.8 Å². The molecule has 1 aliphatic heterocycles. The fourth-order valence-electron chi connectivity index (χ4n) is 2.53. The van der Waals surface area contributed by atoms with Crippen molar-refractivity contribution in [2.45, 2.75) is 13.3 Å². The molecular weight excluding hydrogens is 312 g/mol. The summed E-state index contributed by atoms with van der Waals surface area (Å²) >= 11 is 5.90. The number of aryl methyl sites for hydroxylation is 1. The number of nitrogens with zero attached hydrogens (tertiary/aromatic N) is 2. The predicted molar refractivity (Wildman–Crippen MR) is 91.2 cm³/mol. The van der Waals surface area contributed by atoms with Crippen molar-refractivity contribution < 1.29 is 4.79 Å². The third-order valence-corrected chi connectivity index (χ3v) is 4.12. The van der Waals surface area contributed by atoms with Crippen LogP contribution in [0.5, 0.6) is 0 Å². The Morgan fingerprint density at radius 1 is 1.39 bits per heavy atom. The molecule has 0 saturated carbocycles. The molecule has 2 aromatic rings. The summed E-state index contributed by atoms with van der Waals surface area (Å²) in [7, 11) is 0. The number of aromatic nitrogens is 2. The fourth-order valence-corrected chi connectivity index (χ4v) is 2.65. The van der Waals surface area contributed by atoms with Crippen LogP contribution >= 0.6 is 11.6 Å². The molecule has 0 fully saturated rings. The van der Waals surface area contributed by atoms with Gasteiger partial charge in [-0.1, -0.05) is 23.3 Å². The molecule has 0 spiro atoms. The van der Waals surface area contributed by atoms with Gasteiger partial charge in [0.2, 0.25) is 0 Å². The maximum absolute atomic E-state index is 12.4. The van der Waals surface area contributed by atoms with Crippen LogP contribution in [0.2, 0.25) is 5.02 Å². The van der Waals surface area contributed by atoms with Gasteiger partial charge in [-0.3, -0.25) is 4.79 Å². The van der Waals surface area contributed by atoms with Crippen molar-refractivity contribution in [1.29, 1.82) is 0 Å². The molecule has 1 aliphatic rings. The van der Waals surface area contributed by atoms with E-state index in [-0.39, 0.29) is 5.91 Å². The molecule has 1 aromatic heterocycles. The second kappa shape index (κ2) is 6.98. The van der Waals surface area contributed by atoms with Gasteiger partial charge in [-0.15, -0.1) is 0 Å². The Bertz CT molecular complexity index is 734. The molecule has 0 unspecified atom stereocenters. The highest BCUT2D eigenvalue weighted by Crippen LogP contribution is 2.15. The summed E-state index contributed by atoms with van der Waals surface area (Å²) in [4.78, 5) is 12.4. The van der Waals surface area contributed by atoms with Crippen LogP contribution in [0.25, 0.3) is 5.69 Å². The Balaban J connectivity index is 1.71. The number of benzene rings is 1. The summed E-state index contributed by atoms with van der Waals surface area (Å²) in [6.45, 7) is 4.27. The van der Waals surface area contributed by atoms with Crippen molar-refractivity contribution in [2.75, 3.05) is 19.6 Å². The predicted octanol–water partition coefficient (Wildman–Crippen LogP) is 2.48. The first-order chi connectivity index (χ1) is 11.1. The number of rotatable bonds is 4. The SMILES string of the molecule is Cc1nn(-c2ccc(Cl)cc2)cc1C(=O)NCC1=CCNCC1. The summed E-state index contributed by atoms with van der Waals surface area (Å²) in [6.07, 6.45) is 4.86. The van der Waals surface area contributed by atoms with E-state index in [0.717, 1.165) is 25.2 Å². The normalized spacial score (nSPS) is 14.4. The molecule has 2 heterocycles. The summed E-state index contributed by atoms with van der Waals surface area (Å²) in [5.74, 6) is -0.0952. The average molecular weight is 331 g/mol. The zero-order valence-corrected chi connectivity index (χ0v) is 13.7. The third kappa shape index (κ3) is 3.81. The van der Waals surface area contributed by atoms with E-state index >= 15 is 0 Å². The van der Waals surface area contributed by atoms with Crippen molar-refractivity contribution in [2.24, 2.45) is 0 Å². The lowest BCUT2D eigenvalue weighted by Crippen LogP contribution is -2.29. The zero-order valence-electron chi connectivity index (χ0n) is 13.0. The lowest BCUT2D eigenvalue weighted by Gasteiger charge is -2.14. The van der Waals surface area contributed by atoms with Gasteiger partial charge in [0.05, 0.1) is 16.9 Å². The maximum Gasteiger partial charge on any atom is 0.255 e. The maximum atomic E-state index is 12.4. The molecule has 1 amide bonds. The van der Waals surface area contributed by atoms with Crippen molar-refractivity contribution >= 4 is 17.5 Å². The largest absolute Gasteiger partial charge is 0.348 e. The van der Waals surface area contributed by atoms with Crippen LogP contribution in [0, 0.1) is 6.92 Å². The molecule has 0 radical (unpaired) electrons. The van der Waals surface area contributed by atoms with Crippen LogP contribution in [-0.2, 0) is 0 Å². The van der Waals surface area contributed by atoms with Crippen LogP contribution < -0.4 is 10.6 Å². The van der Waals surface area contributed by atoms with Gasteiger partial charge in [-0.2, -0.15) is 5.10 Å². The average Bonchev–Trinajstić information content (AvgIpc) is 2.96. The molecule has 0 bridgehead atoms. The van der Waals surface area contributed by atoms with Crippen LogP contribution in [0.3, 0.4) is 0 Å². The Kier molecular flexibility index (Phi) is 4.79. The minimum atomic E-state index is -0.0952. The molecule has 2 N–H and O–H groups in total. The highest BCUT2D eigenvalue weighted by Gasteiger charge is 2.14. The Morgan fingerprint density at radius 2 is 2.17 bits per heavy atom. The van der Waals surface area contributed by atoms with Crippen LogP contribution in [0.4, 0.5) is 0 Å². The van der Waals surface area contributed by atoms with Crippen molar-refractivity contribution in [3.63, 3.8) is 0 Å². The molecule has 5 nitrogen and oxygen atoms in total. The highest BCUT2D eigenvalue weighted by atomic mass is 35.5. The van der Waals surface area contributed by atoms with Gasteiger partial charge in [0, 0.05) is 24.3 Å². The molecule has 23 heavy (non-hydrogen) atoms. The highest BCUT2D eigenvalue weighted by molar-refractivity contribution is 6.30. The monoisotopic (exact) mass is 330 g/mol. The van der Waals surface area contributed by atoms with E-state index in [1.54, 1.807) is 23.0 Å². The van der Waals surface area contributed by atoms with Gasteiger partial charge in [-0.05, 0) is 44.2 Å². The minimum absolute atomic E-state index is 0.0952. The second-order valence-corrected chi connectivity index (χ2v) is 5.98. The van der Waals surface area contributed by atoms with Gasteiger partial charge in [0.25, 0.3) is 5.91 Å². The molecule has 120 valence electrons.